The molecule has 2 amide bonds. The molecule has 0 spiro atoms. The van der Waals surface area contributed by atoms with Crippen molar-refractivity contribution < 1.29 is 19.4 Å². The molecule has 1 aromatic carbocycles. The van der Waals surface area contributed by atoms with Gasteiger partial charge >= 0.3 is 0 Å². The second-order valence-electron chi connectivity index (χ2n) is 5.59. The van der Waals surface area contributed by atoms with Gasteiger partial charge in [0, 0.05) is 43.7 Å². The van der Waals surface area contributed by atoms with Gasteiger partial charge in [-0.2, -0.15) is 0 Å². The van der Waals surface area contributed by atoms with E-state index in [1.165, 1.54) is 6.92 Å². The number of aliphatic hydroxyl groups is 1. The third-order valence-corrected chi connectivity index (χ3v) is 4.09. The summed E-state index contributed by atoms with van der Waals surface area (Å²) in [6.45, 7) is 4.05. The molecule has 1 aliphatic heterocycles. The summed E-state index contributed by atoms with van der Waals surface area (Å²) in [6, 6.07) is 5.15. The third kappa shape index (κ3) is 3.22. The Morgan fingerprint density at radius 2 is 2.14 bits per heavy atom. The van der Waals surface area contributed by atoms with Crippen LogP contribution >= 0.6 is 0 Å². The van der Waals surface area contributed by atoms with Crippen molar-refractivity contribution in [2.75, 3.05) is 26.8 Å². The van der Waals surface area contributed by atoms with Crippen molar-refractivity contribution in [3.05, 3.63) is 29.3 Å². The summed E-state index contributed by atoms with van der Waals surface area (Å²) in [6.07, 6.45) is 0. The lowest BCUT2D eigenvalue weighted by Gasteiger charge is -2.18. The number of benzene rings is 1. The molecule has 22 heavy (non-hydrogen) atoms. The number of ether oxygens (including phenoxy) is 1. The molecule has 0 radical (unpaired) electrons. The highest BCUT2D eigenvalue weighted by Crippen LogP contribution is 2.25. The molecule has 0 unspecified atom stereocenters. The number of hydrogen-bond acceptors (Lipinski definition) is 4. The molecule has 2 rings (SSSR count). The normalized spacial score (nSPS) is 20.8. The van der Waals surface area contributed by atoms with Crippen LogP contribution in [0.3, 0.4) is 0 Å². The van der Waals surface area contributed by atoms with Gasteiger partial charge in [-0.1, -0.05) is 6.07 Å². The largest absolute Gasteiger partial charge is 0.496 e. The minimum atomic E-state index is -0.211. The Kier molecular flexibility index (Phi) is 5.03. The van der Waals surface area contributed by atoms with Crippen molar-refractivity contribution in [3.8, 4) is 5.75 Å². The van der Waals surface area contributed by atoms with E-state index in [2.05, 4.69) is 5.32 Å². The van der Waals surface area contributed by atoms with Crippen LogP contribution in [0.1, 0.15) is 22.8 Å². The zero-order chi connectivity index (χ0) is 16.3. The van der Waals surface area contributed by atoms with Gasteiger partial charge in [-0.15, -0.1) is 0 Å². The van der Waals surface area contributed by atoms with Gasteiger partial charge < -0.3 is 20.1 Å². The Morgan fingerprint density at radius 3 is 2.73 bits per heavy atom. The van der Waals surface area contributed by atoms with Crippen LogP contribution in [-0.4, -0.2) is 54.7 Å². The third-order valence-electron chi connectivity index (χ3n) is 4.09. The second kappa shape index (κ2) is 6.79. The summed E-state index contributed by atoms with van der Waals surface area (Å²) in [5.74, 6) is 0.263. The first-order chi connectivity index (χ1) is 10.5. The van der Waals surface area contributed by atoms with E-state index in [1.54, 1.807) is 24.1 Å². The van der Waals surface area contributed by atoms with Crippen molar-refractivity contribution in [3.63, 3.8) is 0 Å². The van der Waals surface area contributed by atoms with E-state index in [4.69, 9.17) is 4.74 Å². The number of amides is 2. The van der Waals surface area contributed by atoms with E-state index < -0.39 is 0 Å². The number of hydrogen-bond donors (Lipinski definition) is 2. The van der Waals surface area contributed by atoms with Gasteiger partial charge in [0.2, 0.25) is 5.91 Å². The Balaban J connectivity index is 2.19. The maximum absolute atomic E-state index is 12.7. The fraction of sp³-hybridized carbons (Fsp3) is 0.500. The van der Waals surface area contributed by atoms with Crippen LogP contribution in [0.5, 0.6) is 5.75 Å². The van der Waals surface area contributed by atoms with Crippen molar-refractivity contribution in [2.24, 2.45) is 5.92 Å². The van der Waals surface area contributed by atoms with Crippen LogP contribution in [0.15, 0.2) is 18.2 Å². The molecule has 2 atom stereocenters. The number of likely N-dealkylation sites (tertiary alicyclic amines) is 1. The molecule has 6 heteroatoms. The van der Waals surface area contributed by atoms with Crippen molar-refractivity contribution >= 4 is 11.8 Å². The van der Waals surface area contributed by atoms with E-state index in [0.717, 1.165) is 5.56 Å². The zero-order valence-electron chi connectivity index (χ0n) is 13.1. The van der Waals surface area contributed by atoms with Gasteiger partial charge in [0.15, 0.2) is 0 Å². The molecule has 120 valence electrons. The number of nitrogens with zero attached hydrogens (tertiary/aromatic N) is 1. The van der Waals surface area contributed by atoms with Gasteiger partial charge in [-0.25, -0.2) is 0 Å². The maximum Gasteiger partial charge on any atom is 0.254 e. The first-order valence-electron chi connectivity index (χ1n) is 7.28. The average Bonchev–Trinajstić information content (AvgIpc) is 2.89. The average molecular weight is 306 g/mol. The molecular weight excluding hydrogens is 284 g/mol. The predicted octanol–water partition coefficient (Wildman–Crippen LogP) is 0.573. The Hall–Kier alpha value is -2.08. The molecule has 1 aliphatic rings. The minimum absolute atomic E-state index is 0.0637. The van der Waals surface area contributed by atoms with Crippen LogP contribution in [0.2, 0.25) is 0 Å². The zero-order valence-corrected chi connectivity index (χ0v) is 13.1. The quantitative estimate of drug-likeness (QED) is 0.852. The number of rotatable bonds is 4. The van der Waals surface area contributed by atoms with Gasteiger partial charge in [0.25, 0.3) is 5.91 Å². The maximum atomic E-state index is 12.7. The molecule has 0 aromatic heterocycles. The van der Waals surface area contributed by atoms with Crippen molar-refractivity contribution in [1.82, 2.24) is 10.2 Å². The number of nitrogens with one attached hydrogen (secondary N) is 1. The molecule has 1 heterocycles. The molecule has 1 saturated heterocycles. The first-order valence-corrected chi connectivity index (χ1v) is 7.28. The van der Waals surface area contributed by atoms with E-state index in [9.17, 15) is 14.7 Å². The highest BCUT2D eigenvalue weighted by atomic mass is 16.5. The van der Waals surface area contributed by atoms with Gasteiger partial charge in [0.05, 0.1) is 13.2 Å². The summed E-state index contributed by atoms with van der Waals surface area (Å²) in [5.41, 5.74) is 1.37. The summed E-state index contributed by atoms with van der Waals surface area (Å²) in [7, 11) is 1.57. The molecular formula is C16H22N2O4. The Bertz CT molecular complexity index is 573. The fourth-order valence-electron chi connectivity index (χ4n) is 2.88. The van der Waals surface area contributed by atoms with Gasteiger partial charge in [0.1, 0.15) is 5.75 Å². The van der Waals surface area contributed by atoms with Crippen molar-refractivity contribution in [1.29, 1.82) is 0 Å². The highest BCUT2D eigenvalue weighted by molar-refractivity contribution is 5.96. The lowest BCUT2D eigenvalue weighted by atomic mass is 10.1. The monoisotopic (exact) mass is 306 g/mol. The molecule has 0 aliphatic carbocycles. The minimum Gasteiger partial charge on any atom is -0.496 e. The number of aliphatic hydroxyl groups excluding tert-OH is 1. The Morgan fingerprint density at radius 1 is 1.41 bits per heavy atom. The number of carbonyl (C=O) groups excluding carboxylic acids is 2. The molecule has 2 N–H and O–H groups in total. The van der Waals surface area contributed by atoms with Crippen LogP contribution in [0.25, 0.3) is 0 Å². The van der Waals surface area contributed by atoms with Gasteiger partial charge in [-0.05, 0) is 19.1 Å². The standard InChI is InChI=1S/C16H22N2O4/c1-10-13(5-4-6-15(10)22-3)16(21)18-7-12(9-19)14(8-18)17-11(2)20/h4-6,12,14,19H,7-9H2,1-3H3,(H,17,20)/t12-,14+/m0/s1. The van der Waals surface area contributed by atoms with Crippen molar-refractivity contribution in [2.45, 2.75) is 19.9 Å². The van der Waals surface area contributed by atoms with E-state index in [0.29, 0.717) is 24.4 Å². The summed E-state index contributed by atoms with van der Waals surface area (Å²) in [5, 5.41) is 12.2. The van der Waals surface area contributed by atoms with Crippen LogP contribution in [0.4, 0.5) is 0 Å². The summed E-state index contributed by atoms with van der Waals surface area (Å²) < 4.78 is 5.25. The van der Waals surface area contributed by atoms with E-state index >= 15 is 0 Å². The topological polar surface area (TPSA) is 78.9 Å². The highest BCUT2D eigenvalue weighted by Gasteiger charge is 2.36. The lowest BCUT2D eigenvalue weighted by molar-refractivity contribution is -0.119. The van der Waals surface area contributed by atoms with Gasteiger partial charge in [-0.3, -0.25) is 9.59 Å². The SMILES string of the molecule is COc1cccc(C(=O)N2C[C@@H](CO)[C@H](NC(C)=O)C2)c1C. The first kappa shape index (κ1) is 16.3. The van der Waals surface area contributed by atoms with Crippen LogP contribution < -0.4 is 10.1 Å². The summed E-state index contributed by atoms with van der Waals surface area (Å²) >= 11 is 0. The lowest BCUT2D eigenvalue weighted by Crippen LogP contribution is -2.40. The summed E-state index contributed by atoms with van der Waals surface area (Å²) in [4.78, 5) is 25.6. The molecule has 6 nitrogen and oxygen atoms in total. The Labute approximate surface area is 130 Å². The fourth-order valence-corrected chi connectivity index (χ4v) is 2.88. The smallest absolute Gasteiger partial charge is 0.254 e. The van der Waals surface area contributed by atoms with E-state index in [-0.39, 0.29) is 30.4 Å². The number of methoxy groups -OCH3 is 1. The second-order valence-corrected chi connectivity index (χ2v) is 5.59. The number of carbonyl (C=O) groups is 2. The predicted molar refractivity (Wildman–Crippen MR) is 81.8 cm³/mol. The van der Waals surface area contributed by atoms with Crippen LogP contribution in [0, 0.1) is 12.8 Å². The molecule has 1 fully saturated rings. The molecule has 0 bridgehead atoms. The molecule has 0 saturated carbocycles. The van der Waals surface area contributed by atoms with E-state index in [1.807, 2.05) is 13.0 Å². The van der Waals surface area contributed by atoms with Crippen LogP contribution in [-0.2, 0) is 4.79 Å². The molecule has 1 aromatic rings.